The number of hydrogen-bond donors (Lipinski definition) is 5. The molecule has 1 heterocycles. The molecule has 0 aliphatic carbocycles. The van der Waals surface area contributed by atoms with Crippen LogP contribution in [0.3, 0.4) is 0 Å². The number of rotatable bonds is 9. The molecule has 0 spiro atoms. The minimum atomic E-state index is -1.19. The Kier molecular flexibility index (Phi) is 8.33. The van der Waals surface area contributed by atoms with E-state index in [9.17, 15) is 24.3 Å². The predicted molar refractivity (Wildman–Crippen MR) is 90.3 cm³/mol. The first kappa shape index (κ1) is 20.9. The quantitative estimate of drug-likeness (QED) is 0.339. The molecular weight excluding hydrogens is 328 g/mol. The van der Waals surface area contributed by atoms with Crippen LogP contribution in [-0.4, -0.2) is 60.0 Å². The Morgan fingerprint density at radius 1 is 1.20 bits per heavy atom. The van der Waals surface area contributed by atoms with Crippen LogP contribution < -0.4 is 21.3 Å². The summed E-state index contributed by atoms with van der Waals surface area (Å²) in [6.45, 7) is 5.45. The Balaban J connectivity index is 2.66. The second-order valence-electron chi connectivity index (χ2n) is 6.49. The second kappa shape index (κ2) is 9.97. The molecule has 25 heavy (non-hydrogen) atoms. The van der Waals surface area contributed by atoms with Crippen LogP contribution in [0.2, 0.25) is 0 Å². The van der Waals surface area contributed by atoms with Crippen LogP contribution in [0, 0.1) is 5.92 Å². The van der Waals surface area contributed by atoms with Crippen molar-refractivity contribution >= 4 is 23.6 Å². The number of nitrogens with one attached hydrogen (secondary N) is 4. The van der Waals surface area contributed by atoms with E-state index in [1.807, 2.05) is 13.8 Å². The van der Waals surface area contributed by atoms with Gasteiger partial charge in [-0.25, -0.2) is 0 Å². The molecule has 1 saturated heterocycles. The van der Waals surface area contributed by atoms with Crippen LogP contribution >= 0.6 is 0 Å². The van der Waals surface area contributed by atoms with E-state index in [0.29, 0.717) is 19.4 Å². The van der Waals surface area contributed by atoms with Crippen molar-refractivity contribution in [1.29, 1.82) is 0 Å². The summed E-state index contributed by atoms with van der Waals surface area (Å²) in [5, 5.41) is 19.5. The van der Waals surface area contributed by atoms with Gasteiger partial charge in [0.1, 0.15) is 18.1 Å². The third-order valence-electron chi connectivity index (χ3n) is 3.82. The summed E-state index contributed by atoms with van der Waals surface area (Å²) in [6, 6.07) is -2.64. The molecule has 0 unspecified atom stereocenters. The molecule has 0 aromatic carbocycles. The molecule has 1 fully saturated rings. The monoisotopic (exact) mass is 356 g/mol. The molecule has 3 atom stereocenters. The minimum absolute atomic E-state index is 0.170. The van der Waals surface area contributed by atoms with Crippen molar-refractivity contribution < 1.29 is 24.3 Å². The first-order valence-electron chi connectivity index (χ1n) is 8.57. The SMILES string of the molecule is CCNC(=O)[C@H](CC(C)C)NC(=O)[C@H](CO)NC(=O)[C@@H]1CCC(=O)N1. The molecule has 9 nitrogen and oxygen atoms in total. The molecule has 1 aliphatic rings. The number of aliphatic hydroxyl groups is 1. The van der Waals surface area contributed by atoms with Crippen molar-refractivity contribution in [2.75, 3.05) is 13.2 Å². The van der Waals surface area contributed by atoms with Gasteiger partial charge in [0, 0.05) is 13.0 Å². The summed E-state index contributed by atoms with van der Waals surface area (Å²) in [4.78, 5) is 47.6. The van der Waals surface area contributed by atoms with Crippen LogP contribution in [0.15, 0.2) is 0 Å². The van der Waals surface area contributed by atoms with Gasteiger partial charge in [0.05, 0.1) is 6.61 Å². The number of likely N-dealkylation sites (N-methyl/N-ethyl adjacent to an activating group) is 1. The van der Waals surface area contributed by atoms with E-state index >= 15 is 0 Å². The van der Waals surface area contributed by atoms with Gasteiger partial charge in [0.25, 0.3) is 0 Å². The second-order valence-corrected chi connectivity index (χ2v) is 6.49. The third-order valence-corrected chi connectivity index (χ3v) is 3.82. The Labute approximate surface area is 147 Å². The fourth-order valence-corrected chi connectivity index (χ4v) is 2.55. The van der Waals surface area contributed by atoms with Gasteiger partial charge in [-0.1, -0.05) is 13.8 Å². The van der Waals surface area contributed by atoms with E-state index in [2.05, 4.69) is 21.3 Å². The highest BCUT2D eigenvalue weighted by molar-refractivity contribution is 5.95. The molecule has 4 amide bonds. The molecule has 1 rings (SSSR count). The van der Waals surface area contributed by atoms with Crippen LogP contribution in [0.1, 0.15) is 40.0 Å². The average Bonchev–Trinajstić information content (AvgIpc) is 2.98. The van der Waals surface area contributed by atoms with E-state index in [1.165, 1.54) is 0 Å². The predicted octanol–water partition coefficient (Wildman–Crippen LogP) is -1.59. The van der Waals surface area contributed by atoms with Gasteiger partial charge >= 0.3 is 0 Å². The number of carbonyl (C=O) groups is 4. The summed E-state index contributed by atoms with van der Waals surface area (Å²) in [6.07, 6.45) is 1.03. The molecule has 1 aliphatic heterocycles. The van der Waals surface area contributed by atoms with E-state index in [1.54, 1.807) is 6.92 Å². The number of amides is 4. The maximum absolute atomic E-state index is 12.3. The Hall–Kier alpha value is -2.16. The van der Waals surface area contributed by atoms with Crippen LogP contribution in [-0.2, 0) is 19.2 Å². The summed E-state index contributed by atoms with van der Waals surface area (Å²) in [5.74, 6) is -1.53. The highest BCUT2D eigenvalue weighted by Gasteiger charge is 2.31. The van der Waals surface area contributed by atoms with Gasteiger partial charge in [0.15, 0.2) is 0 Å². The standard InChI is InChI=1S/C16H28N4O5/c1-4-17-14(23)11(7-9(2)3)19-16(25)12(8-21)20-15(24)10-5-6-13(22)18-10/h9-12,21H,4-8H2,1-3H3,(H,17,23)(H,18,22)(H,19,25)(H,20,24)/t10-,11-,12-/m0/s1. The zero-order chi connectivity index (χ0) is 19.0. The first-order chi connectivity index (χ1) is 11.8. The normalized spacial score (nSPS) is 19.1. The topological polar surface area (TPSA) is 137 Å². The van der Waals surface area contributed by atoms with Gasteiger partial charge in [-0.15, -0.1) is 0 Å². The largest absolute Gasteiger partial charge is 0.394 e. The molecule has 0 saturated carbocycles. The molecule has 0 aromatic heterocycles. The lowest BCUT2D eigenvalue weighted by Crippen LogP contribution is -2.57. The molecule has 9 heteroatoms. The Morgan fingerprint density at radius 3 is 2.36 bits per heavy atom. The van der Waals surface area contributed by atoms with Crippen LogP contribution in [0.4, 0.5) is 0 Å². The highest BCUT2D eigenvalue weighted by Crippen LogP contribution is 2.08. The van der Waals surface area contributed by atoms with E-state index < -0.39 is 36.5 Å². The molecule has 5 N–H and O–H groups in total. The lowest BCUT2D eigenvalue weighted by molar-refractivity contribution is -0.133. The highest BCUT2D eigenvalue weighted by atomic mass is 16.3. The van der Waals surface area contributed by atoms with Crippen molar-refractivity contribution in [3.8, 4) is 0 Å². The first-order valence-corrected chi connectivity index (χ1v) is 8.57. The fraction of sp³-hybridized carbons (Fsp3) is 0.750. The van der Waals surface area contributed by atoms with Gasteiger partial charge < -0.3 is 26.4 Å². The van der Waals surface area contributed by atoms with Crippen LogP contribution in [0.25, 0.3) is 0 Å². The molecule has 0 bridgehead atoms. The number of aliphatic hydroxyl groups excluding tert-OH is 1. The molecule has 142 valence electrons. The Morgan fingerprint density at radius 2 is 1.88 bits per heavy atom. The van der Waals surface area contributed by atoms with Crippen LogP contribution in [0.5, 0.6) is 0 Å². The van der Waals surface area contributed by atoms with E-state index in [0.717, 1.165) is 0 Å². The van der Waals surface area contributed by atoms with Crippen molar-refractivity contribution in [2.24, 2.45) is 5.92 Å². The Bertz CT molecular complexity index is 509. The zero-order valence-electron chi connectivity index (χ0n) is 14.9. The lowest BCUT2D eigenvalue weighted by atomic mass is 10.0. The maximum atomic E-state index is 12.3. The molecule has 0 aromatic rings. The van der Waals surface area contributed by atoms with E-state index in [4.69, 9.17) is 0 Å². The van der Waals surface area contributed by atoms with Crippen molar-refractivity contribution in [1.82, 2.24) is 21.3 Å². The van der Waals surface area contributed by atoms with Gasteiger partial charge in [-0.3, -0.25) is 19.2 Å². The van der Waals surface area contributed by atoms with Crippen molar-refractivity contribution in [3.63, 3.8) is 0 Å². The zero-order valence-corrected chi connectivity index (χ0v) is 14.9. The smallest absolute Gasteiger partial charge is 0.245 e. The fourth-order valence-electron chi connectivity index (χ4n) is 2.55. The molecule has 0 radical (unpaired) electrons. The van der Waals surface area contributed by atoms with Gasteiger partial charge in [-0.05, 0) is 25.7 Å². The lowest BCUT2D eigenvalue weighted by Gasteiger charge is -2.23. The van der Waals surface area contributed by atoms with Crippen molar-refractivity contribution in [3.05, 3.63) is 0 Å². The maximum Gasteiger partial charge on any atom is 0.245 e. The summed E-state index contributed by atoms with van der Waals surface area (Å²) in [5.41, 5.74) is 0. The van der Waals surface area contributed by atoms with Gasteiger partial charge in [0.2, 0.25) is 23.6 Å². The number of hydrogen-bond acceptors (Lipinski definition) is 5. The average molecular weight is 356 g/mol. The van der Waals surface area contributed by atoms with Crippen molar-refractivity contribution in [2.45, 2.75) is 58.2 Å². The summed E-state index contributed by atoms with van der Waals surface area (Å²) in [7, 11) is 0. The minimum Gasteiger partial charge on any atom is -0.394 e. The van der Waals surface area contributed by atoms with E-state index in [-0.39, 0.29) is 24.2 Å². The summed E-state index contributed by atoms with van der Waals surface area (Å²) < 4.78 is 0. The molecular formula is C16H28N4O5. The summed E-state index contributed by atoms with van der Waals surface area (Å²) >= 11 is 0. The third kappa shape index (κ3) is 6.69. The number of carbonyl (C=O) groups excluding carboxylic acids is 4. The van der Waals surface area contributed by atoms with Gasteiger partial charge in [-0.2, -0.15) is 0 Å².